The van der Waals surface area contributed by atoms with Crippen molar-refractivity contribution in [2.24, 2.45) is 5.41 Å². The molecule has 2 fully saturated rings. The van der Waals surface area contributed by atoms with Gasteiger partial charge in [0, 0.05) is 32.7 Å². The van der Waals surface area contributed by atoms with E-state index >= 15 is 0 Å². The highest BCUT2D eigenvalue weighted by atomic mass is 16.2. The molecular weight excluding hydrogens is 214 g/mol. The molecule has 4 heteroatoms. The second-order valence-electron chi connectivity index (χ2n) is 5.39. The first kappa shape index (κ1) is 12.8. The van der Waals surface area contributed by atoms with Crippen LogP contribution < -0.4 is 5.32 Å². The van der Waals surface area contributed by atoms with Crippen LogP contribution in [0.3, 0.4) is 0 Å². The molecule has 4 nitrogen and oxygen atoms in total. The van der Waals surface area contributed by atoms with Crippen molar-refractivity contribution in [3.8, 4) is 0 Å². The Hall–Kier alpha value is -0.610. The molecule has 0 bridgehead atoms. The lowest BCUT2D eigenvalue weighted by Gasteiger charge is -2.45. The van der Waals surface area contributed by atoms with Crippen molar-refractivity contribution in [3.05, 3.63) is 0 Å². The van der Waals surface area contributed by atoms with Crippen LogP contribution in [0.2, 0.25) is 0 Å². The molecule has 0 aromatic heterocycles. The summed E-state index contributed by atoms with van der Waals surface area (Å²) in [4.78, 5) is 17.1. The summed E-state index contributed by atoms with van der Waals surface area (Å²) in [7, 11) is 1.95. The number of hydrogen-bond donors (Lipinski definition) is 1. The number of likely N-dealkylation sites (N-methyl/N-ethyl adjacent to an activating group) is 1. The molecule has 0 aromatic carbocycles. The maximum atomic E-state index is 12.6. The highest BCUT2D eigenvalue weighted by Crippen LogP contribution is 2.42. The number of amides is 1. The minimum absolute atomic E-state index is 0.0663. The number of carbonyl (C=O) groups is 1. The number of rotatable bonds is 4. The second-order valence-corrected chi connectivity index (χ2v) is 5.39. The summed E-state index contributed by atoms with van der Waals surface area (Å²) >= 11 is 0. The van der Waals surface area contributed by atoms with Crippen LogP contribution in [-0.4, -0.2) is 62.0 Å². The van der Waals surface area contributed by atoms with E-state index in [1.54, 1.807) is 0 Å². The molecule has 1 heterocycles. The topological polar surface area (TPSA) is 35.6 Å². The lowest BCUT2D eigenvalue weighted by molar-refractivity contribution is -0.148. The third-order valence-corrected chi connectivity index (χ3v) is 4.39. The fourth-order valence-corrected chi connectivity index (χ4v) is 3.01. The first-order valence-corrected chi connectivity index (χ1v) is 6.88. The van der Waals surface area contributed by atoms with E-state index in [2.05, 4.69) is 22.0 Å². The average Bonchev–Trinajstić information content (AvgIpc) is 2.33. The van der Waals surface area contributed by atoms with Gasteiger partial charge in [0.2, 0.25) is 5.91 Å². The minimum Gasteiger partial charge on any atom is -0.340 e. The third-order valence-electron chi connectivity index (χ3n) is 4.39. The Morgan fingerprint density at radius 2 is 1.88 bits per heavy atom. The quantitative estimate of drug-likeness (QED) is 0.778. The molecule has 2 rings (SSSR count). The Morgan fingerprint density at radius 1 is 1.24 bits per heavy atom. The Labute approximate surface area is 104 Å². The van der Waals surface area contributed by atoms with Crippen LogP contribution in [0.15, 0.2) is 0 Å². The third kappa shape index (κ3) is 2.47. The molecule has 0 radical (unpaired) electrons. The molecule has 1 N–H and O–H groups in total. The molecule has 98 valence electrons. The van der Waals surface area contributed by atoms with Crippen molar-refractivity contribution in [1.82, 2.24) is 15.1 Å². The summed E-state index contributed by atoms with van der Waals surface area (Å²) in [6.07, 6.45) is 3.35. The van der Waals surface area contributed by atoms with Crippen LogP contribution in [0, 0.1) is 5.41 Å². The summed E-state index contributed by atoms with van der Waals surface area (Å²) in [6.45, 7) is 8.04. The van der Waals surface area contributed by atoms with Crippen molar-refractivity contribution >= 4 is 5.91 Å². The zero-order valence-electron chi connectivity index (χ0n) is 11.2. The van der Waals surface area contributed by atoms with Crippen LogP contribution in [-0.2, 0) is 4.79 Å². The number of piperazine rings is 1. The van der Waals surface area contributed by atoms with Crippen LogP contribution >= 0.6 is 0 Å². The van der Waals surface area contributed by atoms with Crippen molar-refractivity contribution in [2.75, 3.05) is 46.3 Å². The first-order chi connectivity index (χ1) is 8.22. The zero-order chi connectivity index (χ0) is 12.3. The summed E-state index contributed by atoms with van der Waals surface area (Å²) in [5, 5.41) is 3.19. The summed E-state index contributed by atoms with van der Waals surface area (Å²) in [5.74, 6) is 0.397. The average molecular weight is 239 g/mol. The number of carbonyl (C=O) groups excluding carboxylic acids is 1. The van der Waals surface area contributed by atoms with E-state index in [4.69, 9.17) is 0 Å². The van der Waals surface area contributed by atoms with Gasteiger partial charge in [-0.1, -0.05) is 13.3 Å². The van der Waals surface area contributed by atoms with Gasteiger partial charge in [0.1, 0.15) is 0 Å². The fraction of sp³-hybridized carbons (Fsp3) is 0.923. The van der Waals surface area contributed by atoms with Gasteiger partial charge in [0.15, 0.2) is 0 Å². The minimum atomic E-state index is -0.0663. The van der Waals surface area contributed by atoms with Gasteiger partial charge in [0.25, 0.3) is 0 Å². The van der Waals surface area contributed by atoms with Crippen molar-refractivity contribution in [1.29, 1.82) is 0 Å². The standard InChI is InChI=1S/C13H25N3O/c1-3-15-7-9-16(10-8-15)12(17)13(11-14-2)5-4-6-13/h14H,3-11H2,1-2H3. The maximum Gasteiger partial charge on any atom is 0.230 e. The Balaban J connectivity index is 1.91. The number of nitrogens with zero attached hydrogens (tertiary/aromatic N) is 2. The van der Waals surface area contributed by atoms with Gasteiger partial charge in [-0.2, -0.15) is 0 Å². The Kier molecular flexibility index (Phi) is 4.05. The molecule has 0 unspecified atom stereocenters. The predicted octanol–water partition coefficient (Wildman–Crippen LogP) is 0.540. The summed E-state index contributed by atoms with van der Waals surface area (Å²) in [5.41, 5.74) is -0.0663. The van der Waals surface area contributed by atoms with E-state index in [0.29, 0.717) is 5.91 Å². The Morgan fingerprint density at radius 3 is 2.29 bits per heavy atom. The van der Waals surface area contributed by atoms with E-state index in [1.165, 1.54) is 6.42 Å². The SMILES string of the molecule is CCN1CCN(C(=O)C2(CNC)CCC2)CC1. The van der Waals surface area contributed by atoms with Gasteiger partial charge in [-0.15, -0.1) is 0 Å². The molecule has 1 saturated heterocycles. The maximum absolute atomic E-state index is 12.6. The highest BCUT2D eigenvalue weighted by molar-refractivity contribution is 5.84. The molecule has 0 atom stereocenters. The molecule has 2 aliphatic rings. The lowest BCUT2D eigenvalue weighted by Crippen LogP contribution is -2.57. The van der Waals surface area contributed by atoms with Gasteiger partial charge in [-0.3, -0.25) is 4.79 Å². The van der Waals surface area contributed by atoms with Gasteiger partial charge in [0.05, 0.1) is 5.41 Å². The van der Waals surface area contributed by atoms with Gasteiger partial charge in [-0.05, 0) is 26.4 Å². The molecule has 0 spiro atoms. The first-order valence-electron chi connectivity index (χ1n) is 6.88. The van der Waals surface area contributed by atoms with E-state index in [-0.39, 0.29) is 5.41 Å². The Bertz CT molecular complexity index is 268. The van der Waals surface area contributed by atoms with E-state index in [0.717, 1.165) is 52.1 Å². The summed E-state index contributed by atoms with van der Waals surface area (Å²) in [6, 6.07) is 0. The van der Waals surface area contributed by atoms with Crippen LogP contribution in [0.4, 0.5) is 0 Å². The molecule has 17 heavy (non-hydrogen) atoms. The van der Waals surface area contributed by atoms with Crippen molar-refractivity contribution in [3.63, 3.8) is 0 Å². The van der Waals surface area contributed by atoms with E-state index < -0.39 is 0 Å². The van der Waals surface area contributed by atoms with Gasteiger partial charge >= 0.3 is 0 Å². The molecular formula is C13H25N3O. The molecule has 1 amide bonds. The summed E-state index contributed by atoms with van der Waals surface area (Å²) < 4.78 is 0. The number of nitrogens with one attached hydrogen (secondary N) is 1. The van der Waals surface area contributed by atoms with Crippen molar-refractivity contribution < 1.29 is 4.79 Å². The van der Waals surface area contributed by atoms with Crippen LogP contribution in [0.1, 0.15) is 26.2 Å². The largest absolute Gasteiger partial charge is 0.340 e. The van der Waals surface area contributed by atoms with Gasteiger partial charge < -0.3 is 15.1 Å². The molecule has 0 aromatic rings. The van der Waals surface area contributed by atoms with Gasteiger partial charge in [-0.25, -0.2) is 0 Å². The zero-order valence-corrected chi connectivity index (χ0v) is 11.2. The van der Waals surface area contributed by atoms with Crippen LogP contribution in [0.25, 0.3) is 0 Å². The van der Waals surface area contributed by atoms with E-state index in [1.807, 2.05) is 7.05 Å². The second kappa shape index (κ2) is 5.36. The normalized spacial score (nSPS) is 24.5. The highest BCUT2D eigenvalue weighted by Gasteiger charge is 2.45. The molecule has 1 aliphatic heterocycles. The molecule has 1 aliphatic carbocycles. The smallest absolute Gasteiger partial charge is 0.230 e. The van der Waals surface area contributed by atoms with Crippen molar-refractivity contribution in [2.45, 2.75) is 26.2 Å². The fourth-order valence-electron chi connectivity index (χ4n) is 3.01. The predicted molar refractivity (Wildman–Crippen MR) is 68.9 cm³/mol. The monoisotopic (exact) mass is 239 g/mol. The van der Waals surface area contributed by atoms with E-state index in [9.17, 15) is 4.79 Å². The number of hydrogen-bond acceptors (Lipinski definition) is 3. The molecule has 1 saturated carbocycles. The van der Waals surface area contributed by atoms with Crippen LogP contribution in [0.5, 0.6) is 0 Å². The lowest BCUT2D eigenvalue weighted by atomic mass is 9.67.